The van der Waals surface area contributed by atoms with Crippen molar-refractivity contribution in [3.63, 3.8) is 0 Å². The van der Waals surface area contributed by atoms with Gasteiger partial charge in [-0.3, -0.25) is 4.57 Å². The lowest BCUT2D eigenvalue weighted by Crippen LogP contribution is -2.15. The van der Waals surface area contributed by atoms with Crippen LogP contribution in [0.2, 0.25) is 0 Å². The van der Waals surface area contributed by atoms with Crippen molar-refractivity contribution in [1.29, 1.82) is 0 Å². The highest BCUT2D eigenvalue weighted by atomic mass is 32.1. The standard InChI is InChI=1S/C18H24NO4PS/c1-6-23-24(22,13-9-7-12(2)8-10-13)19-14-11-15(18(3,4)5)25-16(14)17(20)21/h7-11H,6H2,1-5H3,(H,19,22)(H,20,21). The number of hydrogen-bond donors (Lipinski definition) is 2. The Morgan fingerprint density at radius 1 is 1.28 bits per heavy atom. The van der Waals surface area contributed by atoms with Gasteiger partial charge in [-0.1, -0.05) is 38.5 Å². The highest BCUT2D eigenvalue weighted by Crippen LogP contribution is 2.48. The van der Waals surface area contributed by atoms with E-state index < -0.39 is 13.5 Å². The molecule has 136 valence electrons. The van der Waals surface area contributed by atoms with E-state index >= 15 is 0 Å². The van der Waals surface area contributed by atoms with Crippen LogP contribution in [0, 0.1) is 6.92 Å². The Bertz CT molecular complexity index is 805. The third-order valence-electron chi connectivity index (χ3n) is 3.62. The molecule has 2 aromatic rings. The summed E-state index contributed by atoms with van der Waals surface area (Å²) in [7, 11) is -3.43. The lowest BCUT2D eigenvalue weighted by molar-refractivity contribution is 0.0703. The van der Waals surface area contributed by atoms with Gasteiger partial charge in [-0.15, -0.1) is 11.3 Å². The number of aromatic carboxylic acids is 1. The number of hydrogen-bond acceptors (Lipinski definition) is 4. The molecule has 1 heterocycles. The second-order valence-corrected chi connectivity index (χ2v) is 9.98. The van der Waals surface area contributed by atoms with Crippen LogP contribution in [0.15, 0.2) is 30.3 Å². The van der Waals surface area contributed by atoms with Crippen LogP contribution in [-0.4, -0.2) is 17.7 Å². The number of aryl methyl sites for hydroxylation is 1. The van der Waals surface area contributed by atoms with E-state index in [0.29, 0.717) is 11.0 Å². The molecule has 1 aromatic heterocycles. The molecular formula is C18H24NO4PS. The topological polar surface area (TPSA) is 75.6 Å². The van der Waals surface area contributed by atoms with E-state index in [0.717, 1.165) is 10.4 Å². The number of benzene rings is 1. The molecule has 0 spiro atoms. The molecular weight excluding hydrogens is 357 g/mol. The van der Waals surface area contributed by atoms with E-state index in [1.807, 2.05) is 39.8 Å². The van der Waals surface area contributed by atoms with Crippen molar-refractivity contribution in [2.75, 3.05) is 11.7 Å². The van der Waals surface area contributed by atoms with Crippen molar-refractivity contribution < 1.29 is 19.0 Å². The molecule has 25 heavy (non-hydrogen) atoms. The average molecular weight is 381 g/mol. The van der Waals surface area contributed by atoms with Gasteiger partial charge in [0.25, 0.3) is 0 Å². The molecule has 0 saturated heterocycles. The van der Waals surface area contributed by atoms with Gasteiger partial charge in [-0.05, 0) is 37.5 Å². The van der Waals surface area contributed by atoms with E-state index in [-0.39, 0.29) is 16.9 Å². The van der Waals surface area contributed by atoms with Gasteiger partial charge in [0.1, 0.15) is 4.88 Å². The quantitative estimate of drug-likeness (QED) is 0.687. The van der Waals surface area contributed by atoms with Gasteiger partial charge in [0.15, 0.2) is 0 Å². The van der Waals surface area contributed by atoms with Gasteiger partial charge in [-0.2, -0.15) is 0 Å². The summed E-state index contributed by atoms with van der Waals surface area (Å²) in [5, 5.41) is 12.9. The van der Waals surface area contributed by atoms with Crippen molar-refractivity contribution in [2.45, 2.75) is 40.0 Å². The number of anilines is 1. The highest BCUT2D eigenvalue weighted by molar-refractivity contribution is 7.68. The molecule has 2 rings (SSSR count). The molecule has 5 nitrogen and oxygen atoms in total. The van der Waals surface area contributed by atoms with Crippen LogP contribution in [0.25, 0.3) is 0 Å². The third-order valence-corrected chi connectivity index (χ3v) is 7.30. The van der Waals surface area contributed by atoms with Crippen molar-refractivity contribution in [2.24, 2.45) is 0 Å². The van der Waals surface area contributed by atoms with E-state index in [2.05, 4.69) is 5.09 Å². The van der Waals surface area contributed by atoms with Gasteiger partial charge >= 0.3 is 13.5 Å². The Morgan fingerprint density at radius 2 is 1.88 bits per heavy atom. The molecule has 0 aliphatic carbocycles. The van der Waals surface area contributed by atoms with E-state index in [1.54, 1.807) is 25.1 Å². The fraction of sp³-hybridized carbons (Fsp3) is 0.389. The van der Waals surface area contributed by atoms with Crippen LogP contribution >= 0.6 is 18.9 Å². The molecule has 1 aromatic carbocycles. The lowest BCUT2D eigenvalue weighted by Gasteiger charge is -2.20. The summed E-state index contributed by atoms with van der Waals surface area (Å²) >= 11 is 1.19. The van der Waals surface area contributed by atoms with Gasteiger partial charge in [0.2, 0.25) is 0 Å². The average Bonchev–Trinajstić information content (AvgIpc) is 2.92. The van der Waals surface area contributed by atoms with Crippen molar-refractivity contribution in [3.8, 4) is 0 Å². The van der Waals surface area contributed by atoms with E-state index in [9.17, 15) is 14.5 Å². The zero-order valence-corrected chi connectivity index (χ0v) is 16.8. The number of nitrogens with one attached hydrogen (secondary N) is 1. The Morgan fingerprint density at radius 3 is 2.36 bits per heavy atom. The molecule has 1 atom stereocenters. The predicted octanol–water partition coefficient (Wildman–Crippen LogP) is 5.02. The number of carboxylic acid groups (broad SMARTS) is 1. The van der Waals surface area contributed by atoms with E-state index in [1.165, 1.54) is 11.3 Å². The smallest absolute Gasteiger partial charge is 0.348 e. The minimum Gasteiger partial charge on any atom is -0.477 e. The summed E-state index contributed by atoms with van der Waals surface area (Å²) in [4.78, 5) is 12.7. The van der Waals surface area contributed by atoms with Gasteiger partial charge in [-0.25, -0.2) is 4.79 Å². The van der Waals surface area contributed by atoms with Crippen LogP contribution in [0.3, 0.4) is 0 Å². The maximum absolute atomic E-state index is 13.4. The first-order chi connectivity index (χ1) is 11.6. The summed E-state index contributed by atoms with van der Waals surface area (Å²) in [5.74, 6) is -1.05. The molecule has 0 radical (unpaired) electrons. The maximum Gasteiger partial charge on any atom is 0.348 e. The summed E-state index contributed by atoms with van der Waals surface area (Å²) in [5.41, 5.74) is 1.18. The van der Waals surface area contributed by atoms with Crippen molar-refractivity contribution >= 4 is 35.8 Å². The Kier molecular flexibility index (Phi) is 5.77. The van der Waals surface area contributed by atoms with Crippen LogP contribution < -0.4 is 10.4 Å². The van der Waals surface area contributed by atoms with Crippen LogP contribution in [-0.2, 0) is 14.5 Å². The molecule has 0 bridgehead atoms. The first kappa shape index (κ1) is 19.7. The zero-order chi connectivity index (χ0) is 18.8. The SMILES string of the molecule is CCOP(=O)(Nc1cc(C(C)(C)C)sc1C(=O)O)c1ccc(C)cc1. The number of rotatable bonds is 6. The molecule has 0 fully saturated rings. The fourth-order valence-corrected chi connectivity index (χ4v) is 5.08. The minimum atomic E-state index is -3.43. The second-order valence-electron chi connectivity index (χ2n) is 6.83. The molecule has 7 heteroatoms. The lowest BCUT2D eigenvalue weighted by atomic mass is 9.95. The van der Waals surface area contributed by atoms with Crippen LogP contribution in [0.1, 0.15) is 47.8 Å². The normalized spacial score (nSPS) is 14.1. The summed E-state index contributed by atoms with van der Waals surface area (Å²) < 4.78 is 19.0. The predicted molar refractivity (Wildman–Crippen MR) is 104 cm³/mol. The molecule has 2 N–H and O–H groups in total. The van der Waals surface area contributed by atoms with Gasteiger partial charge in [0, 0.05) is 4.88 Å². The molecule has 0 amide bonds. The maximum atomic E-state index is 13.4. The summed E-state index contributed by atoms with van der Waals surface area (Å²) in [6, 6.07) is 8.96. The fourth-order valence-electron chi connectivity index (χ4n) is 2.26. The van der Waals surface area contributed by atoms with Crippen molar-refractivity contribution in [3.05, 3.63) is 45.6 Å². The van der Waals surface area contributed by atoms with Gasteiger partial charge < -0.3 is 14.7 Å². The first-order valence-electron chi connectivity index (χ1n) is 8.04. The first-order valence-corrected chi connectivity index (χ1v) is 10.5. The highest BCUT2D eigenvalue weighted by Gasteiger charge is 2.30. The number of carbonyl (C=O) groups is 1. The largest absolute Gasteiger partial charge is 0.477 e. The third kappa shape index (κ3) is 4.51. The Hall–Kier alpha value is -1.62. The van der Waals surface area contributed by atoms with E-state index in [4.69, 9.17) is 4.52 Å². The minimum absolute atomic E-state index is 0.136. The van der Waals surface area contributed by atoms with Crippen molar-refractivity contribution in [1.82, 2.24) is 0 Å². The number of carboxylic acids is 1. The molecule has 0 saturated carbocycles. The summed E-state index contributed by atoms with van der Waals surface area (Å²) in [6.45, 7) is 9.98. The Balaban J connectivity index is 2.49. The van der Waals surface area contributed by atoms with Crippen LogP contribution in [0.4, 0.5) is 5.69 Å². The monoisotopic (exact) mass is 381 g/mol. The second kappa shape index (κ2) is 7.32. The summed E-state index contributed by atoms with van der Waals surface area (Å²) in [6.07, 6.45) is 0. The van der Waals surface area contributed by atoms with Gasteiger partial charge in [0.05, 0.1) is 17.6 Å². The molecule has 1 unspecified atom stereocenters. The number of thiophene rings is 1. The Labute approximate surface area is 152 Å². The van der Waals surface area contributed by atoms with Crippen LogP contribution in [0.5, 0.6) is 0 Å². The molecule has 0 aliphatic rings. The zero-order valence-electron chi connectivity index (χ0n) is 15.1. The molecule has 0 aliphatic heterocycles.